The summed E-state index contributed by atoms with van der Waals surface area (Å²) in [7, 11) is -1.75. The molecule has 11 heteroatoms. The summed E-state index contributed by atoms with van der Waals surface area (Å²) in [6, 6.07) is 12.2. The highest BCUT2D eigenvalue weighted by atomic mass is 35.5. The molecule has 0 atom stereocenters. The summed E-state index contributed by atoms with van der Waals surface area (Å²) >= 11 is 6.04. The first-order chi connectivity index (χ1) is 16.8. The Balaban J connectivity index is 1.52. The van der Waals surface area contributed by atoms with Crippen molar-refractivity contribution in [3.8, 4) is 11.6 Å². The van der Waals surface area contributed by atoms with Crippen molar-refractivity contribution in [1.29, 1.82) is 0 Å². The predicted octanol–water partition coefficient (Wildman–Crippen LogP) is 3.56. The van der Waals surface area contributed by atoms with E-state index in [9.17, 15) is 12.8 Å². The van der Waals surface area contributed by atoms with E-state index in [-0.39, 0.29) is 29.6 Å². The zero-order chi connectivity index (χ0) is 24.6. The fraction of sp³-hybridized carbons (Fsp3) is 0.333. The number of aromatic nitrogens is 2. The summed E-state index contributed by atoms with van der Waals surface area (Å²) in [6.45, 7) is 3.51. The lowest BCUT2D eigenvalue weighted by atomic mass is 10.1. The van der Waals surface area contributed by atoms with Crippen LogP contribution in [-0.4, -0.2) is 67.4 Å². The van der Waals surface area contributed by atoms with Gasteiger partial charge in [-0.05, 0) is 37.4 Å². The van der Waals surface area contributed by atoms with Gasteiger partial charge in [0.15, 0.2) is 11.6 Å². The Morgan fingerprint density at radius 1 is 1.00 bits per heavy atom. The summed E-state index contributed by atoms with van der Waals surface area (Å²) in [5, 5.41) is 0.340. The Labute approximate surface area is 209 Å². The average molecular weight is 518 g/mol. The van der Waals surface area contributed by atoms with Crippen LogP contribution in [0.1, 0.15) is 11.3 Å². The van der Waals surface area contributed by atoms with Crippen LogP contribution in [0.15, 0.2) is 53.4 Å². The molecule has 0 radical (unpaired) electrons. The van der Waals surface area contributed by atoms with Gasteiger partial charge in [0.05, 0.1) is 16.2 Å². The van der Waals surface area contributed by atoms with Crippen molar-refractivity contribution in [2.75, 3.05) is 44.7 Å². The number of hydrogen-bond donors (Lipinski definition) is 0. The number of piperazine rings is 1. The van der Waals surface area contributed by atoms with Crippen LogP contribution in [0.25, 0.3) is 0 Å². The monoisotopic (exact) mass is 517 g/mol. The van der Waals surface area contributed by atoms with Gasteiger partial charge < -0.3 is 14.5 Å². The second-order valence-corrected chi connectivity index (χ2v) is 11.0. The first-order valence-electron chi connectivity index (χ1n) is 11.3. The highest BCUT2D eigenvalue weighted by molar-refractivity contribution is 7.89. The van der Waals surface area contributed by atoms with Crippen molar-refractivity contribution in [2.45, 2.75) is 17.9 Å². The number of ether oxygens (including phenoxy) is 1. The third kappa shape index (κ3) is 4.97. The number of anilines is 1. The molecule has 0 unspecified atom stereocenters. The predicted molar refractivity (Wildman–Crippen MR) is 131 cm³/mol. The van der Waals surface area contributed by atoms with Crippen LogP contribution < -0.4 is 9.64 Å². The first kappa shape index (κ1) is 23.9. The lowest BCUT2D eigenvalue weighted by Gasteiger charge is -2.34. The summed E-state index contributed by atoms with van der Waals surface area (Å²) in [6.07, 6.45) is 0.381. The van der Waals surface area contributed by atoms with Crippen LogP contribution >= 0.6 is 11.6 Å². The Bertz CT molecular complexity index is 1350. The van der Waals surface area contributed by atoms with Crippen LogP contribution in [0, 0.1) is 5.82 Å². The maximum Gasteiger partial charge on any atom is 0.243 e. The third-order valence-corrected chi connectivity index (χ3v) is 8.32. The van der Waals surface area contributed by atoms with Crippen molar-refractivity contribution in [3.05, 3.63) is 70.6 Å². The average Bonchev–Trinajstić information content (AvgIpc) is 2.85. The largest absolute Gasteiger partial charge is 0.435 e. The summed E-state index contributed by atoms with van der Waals surface area (Å²) in [5.74, 6) is 0.169. The lowest BCUT2D eigenvalue weighted by molar-refractivity contribution is 0.309. The highest BCUT2D eigenvalue weighted by Gasteiger charge is 2.33. The normalized spacial score (nSPS) is 17.3. The van der Waals surface area contributed by atoms with Crippen molar-refractivity contribution in [2.24, 2.45) is 0 Å². The second-order valence-electron chi connectivity index (χ2n) is 8.62. The summed E-state index contributed by atoms with van der Waals surface area (Å²) in [4.78, 5) is 13.8. The number of halogens is 2. The highest BCUT2D eigenvalue weighted by Crippen LogP contribution is 2.34. The summed E-state index contributed by atoms with van der Waals surface area (Å²) in [5.41, 5.74) is 1.24. The van der Waals surface area contributed by atoms with E-state index in [0.717, 1.165) is 26.2 Å². The molecule has 2 aliphatic heterocycles. The minimum absolute atomic E-state index is 0.0109. The van der Waals surface area contributed by atoms with Gasteiger partial charge >= 0.3 is 0 Å². The van der Waals surface area contributed by atoms with E-state index in [0.29, 0.717) is 28.6 Å². The number of likely N-dealkylation sites (N-methyl/N-ethyl adjacent to an activating group) is 1. The van der Waals surface area contributed by atoms with Gasteiger partial charge in [0, 0.05) is 50.7 Å². The zero-order valence-electron chi connectivity index (χ0n) is 19.2. The number of para-hydroxylation sites is 1. The minimum Gasteiger partial charge on any atom is -0.435 e. The topological polar surface area (TPSA) is 78.9 Å². The number of sulfonamides is 1. The molecule has 0 N–H and O–H groups in total. The van der Waals surface area contributed by atoms with Crippen molar-refractivity contribution < 1.29 is 17.5 Å². The molecule has 35 heavy (non-hydrogen) atoms. The Hall–Kier alpha value is -2.79. The molecule has 5 rings (SSSR count). The maximum absolute atomic E-state index is 14.4. The van der Waals surface area contributed by atoms with Crippen LogP contribution in [0.2, 0.25) is 5.02 Å². The smallest absolute Gasteiger partial charge is 0.243 e. The Morgan fingerprint density at radius 2 is 1.77 bits per heavy atom. The zero-order valence-corrected chi connectivity index (χ0v) is 20.8. The van der Waals surface area contributed by atoms with E-state index in [2.05, 4.69) is 21.8 Å². The third-order valence-electron chi connectivity index (χ3n) is 6.24. The molecule has 1 saturated heterocycles. The van der Waals surface area contributed by atoms with Gasteiger partial charge in [0.2, 0.25) is 21.9 Å². The molecule has 3 aromatic rings. The SMILES string of the molecule is CN1CCN(c2nc3c(c(Oc4ccccc4F)n2)CN(S(=O)(=O)c2cccc(Cl)c2)CC3)CC1. The molecular weight excluding hydrogens is 493 g/mol. The first-order valence-corrected chi connectivity index (χ1v) is 13.1. The van der Waals surface area contributed by atoms with Crippen LogP contribution in [-0.2, 0) is 23.0 Å². The van der Waals surface area contributed by atoms with E-state index < -0.39 is 15.8 Å². The van der Waals surface area contributed by atoms with Gasteiger partial charge in [-0.3, -0.25) is 0 Å². The number of benzene rings is 2. The van der Waals surface area contributed by atoms with E-state index in [1.54, 1.807) is 24.3 Å². The molecular formula is C24H25ClFN5O3S. The molecule has 1 fully saturated rings. The number of fused-ring (bicyclic) bond motifs is 1. The molecule has 0 spiro atoms. The fourth-order valence-corrected chi connectivity index (χ4v) is 5.90. The molecule has 0 bridgehead atoms. The van der Waals surface area contributed by atoms with Gasteiger partial charge in [-0.1, -0.05) is 29.8 Å². The second kappa shape index (κ2) is 9.69. The molecule has 2 aromatic carbocycles. The van der Waals surface area contributed by atoms with E-state index >= 15 is 0 Å². The maximum atomic E-state index is 14.4. The molecule has 2 aliphatic rings. The van der Waals surface area contributed by atoms with Crippen molar-refractivity contribution in [1.82, 2.24) is 19.2 Å². The number of hydrogen-bond acceptors (Lipinski definition) is 7. The number of nitrogens with zero attached hydrogens (tertiary/aromatic N) is 5. The van der Waals surface area contributed by atoms with Gasteiger partial charge in [-0.25, -0.2) is 17.8 Å². The van der Waals surface area contributed by atoms with Gasteiger partial charge in [-0.15, -0.1) is 0 Å². The summed E-state index contributed by atoms with van der Waals surface area (Å²) < 4.78 is 48.4. The quantitative estimate of drug-likeness (QED) is 0.512. The van der Waals surface area contributed by atoms with Crippen LogP contribution in [0.5, 0.6) is 11.6 Å². The van der Waals surface area contributed by atoms with E-state index in [1.807, 2.05) is 0 Å². The van der Waals surface area contributed by atoms with Gasteiger partial charge in [0.1, 0.15) is 0 Å². The molecule has 0 aliphatic carbocycles. The van der Waals surface area contributed by atoms with Gasteiger partial charge in [-0.2, -0.15) is 9.29 Å². The lowest BCUT2D eigenvalue weighted by Crippen LogP contribution is -2.45. The van der Waals surface area contributed by atoms with Crippen molar-refractivity contribution >= 4 is 27.6 Å². The molecule has 1 aromatic heterocycles. The van der Waals surface area contributed by atoms with E-state index in [1.165, 1.54) is 28.6 Å². The molecule has 8 nitrogen and oxygen atoms in total. The Morgan fingerprint density at radius 3 is 2.51 bits per heavy atom. The van der Waals surface area contributed by atoms with Crippen LogP contribution in [0.3, 0.4) is 0 Å². The number of rotatable bonds is 5. The fourth-order valence-electron chi connectivity index (χ4n) is 4.19. The molecule has 0 saturated carbocycles. The molecule has 3 heterocycles. The van der Waals surface area contributed by atoms with Gasteiger partial charge in [0.25, 0.3) is 0 Å². The Kier molecular flexibility index (Phi) is 6.63. The standard InChI is InChI=1S/C24H25ClFN5O3S/c1-29-11-13-30(14-12-29)24-27-21-9-10-31(35(32,33)18-6-4-5-17(25)15-18)16-19(21)23(28-24)34-22-8-3-2-7-20(22)26/h2-8,15H,9-14,16H2,1H3. The minimum atomic E-state index is -3.81. The van der Waals surface area contributed by atoms with Crippen molar-refractivity contribution in [3.63, 3.8) is 0 Å². The molecule has 0 amide bonds. The molecule has 184 valence electrons. The van der Waals surface area contributed by atoms with Crippen LogP contribution in [0.4, 0.5) is 10.3 Å². The van der Waals surface area contributed by atoms with E-state index in [4.69, 9.17) is 21.3 Å².